The second-order valence-electron chi connectivity index (χ2n) is 3.93. The number of benzene rings is 1. The van der Waals surface area contributed by atoms with Gasteiger partial charge in [0.25, 0.3) is 5.91 Å². The summed E-state index contributed by atoms with van der Waals surface area (Å²) < 4.78 is 4.84. The Labute approximate surface area is 109 Å². The fourth-order valence-corrected chi connectivity index (χ4v) is 1.55. The number of amidine groups is 1. The highest BCUT2D eigenvalue weighted by atomic mass is 16.4. The van der Waals surface area contributed by atoms with Gasteiger partial charge in [-0.3, -0.25) is 4.79 Å². The Bertz CT molecular complexity index is 574. The van der Waals surface area contributed by atoms with Gasteiger partial charge in [0.2, 0.25) is 0 Å². The van der Waals surface area contributed by atoms with Gasteiger partial charge in [0, 0.05) is 12.1 Å². The molecule has 0 saturated carbocycles. The number of carbonyl (C=O) groups excluding carboxylic acids is 1. The van der Waals surface area contributed by atoms with Crippen LogP contribution in [-0.4, -0.2) is 17.0 Å². The summed E-state index contributed by atoms with van der Waals surface area (Å²) in [6, 6.07) is 8.67. The van der Waals surface area contributed by atoms with Crippen LogP contribution in [0.4, 0.5) is 5.69 Å². The summed E-state index contributed by atoms with van der Waals surface area (Å²) in [7, 11) is 0. The zero-order valence-electron chi connectivity index (χ0n) is 10.0. The number of rotatable bonds is 4. The first kappa shape index (κ1) is 12.7. The largest absolute Gasteiger partial charge is 0.472 e. The van der Waals surface area contributed by atoms with Gasteiger partial charge in [0.1, 0.15) is 12.1 Å². The van der Waals surface area contributed by atoms with Gasteiger partial charge < -0.3 is 20.7 Å². The Morgan fingerprint density at radius 3 is 2.63 bits per heavy atom. The maximum absolute atomic E-state index is 11.7. The predicted molar refractivity (Wildman–Crippen MR) is 70.2 cm³/mol. The third-order valence-corrected chi connectivity index (χ3v) is 2.51. The van der Waals surface area contributed by atoms with Crippen molar-refractivity contribution in [1.29, 1.82) is 0 Å². The van der Waals surface area contributed by atoms with Crippen LogP contribution >= 0.6 is 0 Å². The van der Waals surface area contributed by atoms with Crippen molar-refractivity contribution in [3.63, 3.8) is 0 Å². The standard InChI is InChI=1S/C13H13N3O3/c14-12(16-18)7-9-1-3-11(4-2-9)15-13(17)10-5-6-19-8-10/h1-6,8,18H,7H2,(H2,14,16)(H,15,17). The molecule has 0 saturated heterocycles. The molecule has 1 aromatic carbocycles. The average Bonchev–Trinajstić information content (AvgIpc) is 2.95. The van der Waals surface area contributed by atoms with Gasteiger partial charge in [-0.1, -0.05) is 17.3 Å². The quantitative estimate of drug-likeness (QED) is 0.337. The molecule has 19 heavy (non-hydrogen) atoms. The molecule has 0 aliphatic rings. The fourth-order valence-electron chi connectivity index (χ4n) is 1.55. The molecule has 2 aromatic rings. The lowest BCUT2D eigenvalue weighted by Crippen LogP contribution is -2.15. The van der Waals surface area contributed by atoms with Crippen LogP contribution in [0.2, 0.25) is 0 Å². The summed E-state index contributed by atoms with van der Waals surface area (Å²) in [5.74, 6) is -0.104. The lowest BCUT2D eigenvalue weighted by Gasteiger charge is -2.05. The number of anilines is 1. The number of carbonyl (C=O) groups is 1. The molecular weight excluding hydrogens is 246 g/mol. The van der Waals surface area contributed by atoms with E-state index in [1.165, 1.54) is 12.5 Å². The van der Waals surface area contributed by atoms with Crippen LogP contribution in [0.1, 0.15) is 15.9 Å². The average molecular weight is 259 g/mol. The molecule has 0 aliphatic heterocycles. The molecule has 1 amide bonds. The van der Waals surface area contributed by atoms with E-state index in [0.717, 1.165) is 5.56 Å². The zero-order chi connectivity index (χ0) is 13.7. The number of amides is 1. The Kier molecular flexibility index (Phi) is 3.82. The molecule has 0 radical (unpaired) electrons. The highest BCUT2D eigenvalue weighted by Crippen LogP contribution is 2.12. The number of nitrogens with one attached hydrogen (secondary N) is 1. The maximum Gasteiger partial charge on any atom is 0.258 e. The van der Waals surface area contributed by atoms with Gasteiger partial charge in [-0.05, 0) is 23.8 Å². The van der Waals surface area contributed by atoms with Crippen molar-refractivity contribution < 1.29 is 14.4 Å². The number of hydrogen-bond acceptors (Lipinski definition) is 4. The molecule has 1 aromatic heterocycles. The second-order valence-corrected chi connectivity index (χ2v) is 3.93. The van der Waals surface area contributed by atoms with Crippen LogP contribution < -0.4 is 11.1 Å². The SMILES string of the molecule is NC(Cc1ccc(NC(=O)c2ccoc2)cc1)=NO. The summed E-state index contributed by atoms with van der Waals surface area (Å²) >= 11 is 0. The minimum absolute atomic E-state index is 0.134. The number of nitrogens with two attached hydrogens (primary N) is 1. The first-order valence-corrected chi connectivity index (χ1v) is 5.58. The van der Waals surface area contributed by atoms with E-state index in [0.29, 0.717) is 17.7 Å². The van der Waals surface area contributed by atoms with Gasteiger partial charge >= 0.3 is 0 Å². The number of hydrogen-bond donors (Lipinski definition) is 3. The molecule has 6 nitrogen and oxygen atoms in total. The van der Waals surface area contributed by atoms with E-state index in [4.69, 9.17) is 15.4 Å². The number of oxime groups is 1. The molecule has 0 unspecified atom stereocenters. The van der Waals surface area contributed by atoms with Crippen LogP contribution in [0.25, 0.3) is 0 Å². The van der Waals surface area contributed by atoms with E-state index in [2.05, 4.69) is 10.5 Å². The first-order valence-electron chi connectivity index (χ1n) is 5.58. The lowest BCUT2D eigenvalue weighted by atomic mass is 10.1. The molecule has 0 spiro atoms. The number of furan rings is 1. The van der Waals surface area contributed by atoms with E-state index in [1.54, 1.807) is 30.3 Å². The summed E-state index contributed by atoms with van der Waals surface area (Å²) in [5, 5.41) is 14.1. The van der Waals surface area contributed by atoms with Crippen LogP contribution in [0.3, 0.4) is 0 Å². The Morgan fingerprint density at radius 1 is 1.32 bits per heavy atom. The van der Waals surface area contributed by atoms with Crippen molar-refractivity contribution in [2.45, 2.75) is 6.42 Å². The van der Waals surface area contributed by atoms with Gasteiger partial charge in [-0.25, -0.2) is 0 Å². The van der Waals surface area contributed by atoms with Gasteiger partial charge in [0.15, 0.2) is 0 Å². The Morgan fingerprint density at radius 2 is 2.05 bits per heavy atom. The van der Waals surface area contributed by atoms with Gasteiger partial charge in [0.05, 0.1) is 11.8 Å². The topological polar surface area (TPSA) is 101 Å². The normalized spacial score (nSPS) is 11.3. The lowest BCUT2D eigenvalue weighted by molar-refractivity contribution is 0.102. The third kappa shape index (κ3) is 3.35. The highest BCUT2D eigenvalue weighted by molar-refractivity contribution is 6.03. The molecule has 1 heterocycles. The van der Waals surface area contributed by atoms with Crippen molar-refractivity contribution >= 4 is 17.4 Å². The Balaban J connectivity index is 2.01. The summed E-state index contributed by atoms with van der Waals surface area (Å²) in [6.45, 7) is 0. The van der Waals surface area contributed by atoms with Crippen LogP contribution in [0, 0.1) is 0 Å². The van der Waals surface area contributed by atoms with Crippen molar-refractivity contribution in [1.82, 2.24) is 0 Å². The predicted octanol–water partition coefficient (Wildman–Crippen LogP) is 1.82. The third-order valence-electron chi connectivity index (χ3n) is 2.51. The zero-order valence-corrected chi connectivity index (χ0v) is 10.0. The molecule has 0 aliphatic carbocycles. The van der Waals surface area contributed by atoms with Crippen LogP contribution in [0.15, 0.2) is 52.4 Å². The van der Waals surface area contributed by atoms with Crippen molar-refractivity contribution in [3.05, 3.63) is 54.0 Å². The van der Waals surface area contributed by atoms with Crippen molar-refractivity contribution in [2.75, 3.05) is 5.32 Å². The molecule has 4 N–H and O–H groups in total. The monoisotopic (exact) mass is 259 g/mol. The van der Waals surface area contributed by atoms with Crippen LogP contribution in [-0.2, 0) is 6.42 Å². The molecule has 2 rings (SSSR count). The summed E-state index contributed by atoms with van der Waals surface area (Å²) in [6.07, 6.45) is 3.17. The molecule has 0 bridgehead atoms. The smallest absolute Gasteiger partial charge is 0.258 e. The molecule has 0 atom stereocenters. The summed E-state index contributed by atoms with van der Waals surface area (Å²) in [4.78, 5) is 11.7. The molecular formula is C13H13N3O3. The van der Waals surface area contributed by atoms with E-state index < -0.39 is 0 Å². The maximum atomic E-state index is 11.7. The first-order chi connectivity index (χ1) is 9.19. The van der Waals surface area contributed by atoms with E-state index >= 15 is 0 Å². The summed E-state index contributed by atoms with van der Waals surface area (Å²) in [5.41, 5.74) is 7.41. The fraction of sp³-hybridized carbons (Fsp3) is 0.0769. The van der Waals surface area contributed by atoms with Crippen molar-refractivity contribution in [2.24, 2.45) is 10.9 Å². The van der Waals surface area contributed by atoms with Crippen LogP contribution in [0.5, 0.6) is 0 Å². The Hall–Kier alpha value is -2.76. The highest BCUT2D eigenvalue weighted by Gasteiger charge is 2.07. The number of nitrogens with zero attached hydrogens (tertiary/aromatic N) is 1. The second kappa shape index (κ2) is 5.72. The molecule has 98 valence electrons. The minimum atomic E-state index is -0.238. The van der Waals surface area contributed by atoms with E-state index in [1.807, 2.05) is 0 Å². The molecule has 6 heteroatoms. The van der Waals surface area contributed by atoms with E-state index in [9.17, 15) is 4.79 Å². The molecule has 0 fully saturated rings. The minimum Gasteiger partial charge on any atom is -0.472 e. The van der Waals surface area contributed by atoms with Gasteiger partial charge in [-0.2, -0.15) is 0 Å². The van der Waals surface area contributed by atoms with Gasteiger partial charge in [-0.15, -0.1) is 0 Å². The van der Waals surface area contributed by atoms with Crippen molar-refractivity contribution in [3.8, 4) is 0 Å². The van der Waals surface area contributed by atoms with E-state index in [-0.39, 0.29) is 11.7 Å².